The van der Waals surface area contributed by atoms with Gasteiger partial charge in [0.25, 0.3) is 0 Å². The number of methoxy groups -OCH3 is 1. The van der Waals surface area contributed by atoms with Gasteiger partial charge < -0.3 is 10.5 Å². The van der Waals surface area contributed by atoms with Crippen LogP contribution >= 0.6 is 11.6 Å². The zero-order valence-electron chi connectivity index (χ0n) is 10.7. The molecular formula is C13H20ClN3O. The average molecular weight is 270 g/mol. The number of nitrogens with one attached hydrogen (secondary N) is 1. The van der Waals surface area contributed by atoms with Gasteiger partial charge in [-0.2, -0.15) is 0 Å². The van der Waals surface area contributed by atoms with Crippen LogP contribution in [0.4, 0.5) is 0 Å². The van der Waals surface area contributed by atoms with E-state index in [4.69, 9.17) is 27.5 Å². The fraction of sp³-hybridized carbons (Fsp3) is 0.462. The molecule has 1 aromatic carbocycles. The van der Waals surface area contributed by atoms with Crippen LogP contribution in [0.1, 0.15) is 12.0 Å². The quantitative estimate of drug-likeness (QED) is 0.561. The normalized spacial score (nSPS) is 10.8. The van der Waals surface area contributed by atoms with Gasteiger partial charge in [0.2, 0.25) is 0 Å². The third-order valence-corrected chi connectivity index (χ3v) is 2.84. The molecule has 0 radical (unpaired) electrons. The average Bonchev–Trinajstić information content (AvgIpc) is 2.32. The summed E-state index contributed by atoms with van der Waals surface area (Å²) in [7, 11) is 1.68. The van der Waals surface area contributed by atoms with E-state index in [1.54, 1.807) is 7.11 Å². The summed E-state index contributed by atoms with van der Waals surface area (Å²) in [6.45, 7) is 3.02. The number of ether oxygens (including phenoxy) is 1. The summed E-state index contributed by atoms with van der Waals surface area (Å²) >= 11 is 5.96. The maximum atomic E-state index is 7.28. The van der Waals surface area contributed by atoms with Crippen molar-refractivity contribution >= 4 is 17.4 Å². The number of hydrogen-bond donors (Lipinski definition) is 2. The smallest absolute Gasteiger partial charge is 0.0918 e. The second-order valence-corrected chi connectivity index (χ2v) is 4.61. The van der Waals surface area contributed by atoms with Crippen LogP contribution in [-0.2, 0) is 11.3 Å². The maximum absolute atomic E-state index is 7.28. The van der Waals surface area contributed by atoms with Crippen molar-refractivity contribution in [2.45, 2.75) is 13.0 Å². The highest BCUT2D eigenvalue weighted by Gasteiger charge is 2.06. The zero-order valence-corrected chi connectivity index (χ0v) is 11.4. The van der Waals surface area contributed by atoms with Crippen LogP contribution in [0.15, 0.2) is 24.3 Å². The van der Waals surface area contributed by atoms with Crippen molar-refractivity contribution < 1.29 is 4.74 Å². The molecule has 0 heterocycles. The lowest BCUT2D eigenvalue weighted by atomic mass is 10.2. The van der Waals surface area contributed by atoms with Gasteiger partial charge in [-0.05, 0) is 17.7 Å². The van der Waals surface area contributed by atoms with E-state index in [1.165, 1.54) is 0 Å². The van der Waals surface area contributed by atoms with Crippen LogP contribution in [-0.4, -0.2) is 37.5 Å². The zero-order chi connectivity index (χ0) is 13.4. The monoisotopic (exact) mass is 269 g/mol. The second kappa shape index (κ2) is 8.08. The molecule has 4 nitrogen and oxygen atoms in total. The number of nitrogens with zero attached hydrogens (tertiary/aromatic N) is 1. The standard InChI is InChI=1S/C13H20ClN3O/c1-18-8-7-17(6-5-13(15)16)10-11-3-2-4-12(14)9-11/h2-4,9H,5-8,10H2,1H3,(H3,15,16). The van der Waals surface area contributed by atoms with Gasteiger partial charge in [-0.3, -0.25) is 10.3 Å². The molecule has 0 aliphatic rings. The van der Waals surface area contributed by atoms with Crippen molar-refractivity contribution in [3.8, 4) is 0 Å². The Morgan fingerprint density at radius 3 is 2.83 bits per heavy atom. The molecule has 100 valence electrons. The number of benzene rings is 1. The second-order valence-electron chi connectivity index (χ2n) is 4.17. The Morgan fingerprint density at radius 1 is 1.44 bits per heavy atom. The predicted octanol–water partition coefficient (Wildman–Crippen LogP) is 2.11. The molecule has 18 heavy (non-hydrogen) atoms. The van der Waals surface area contributed by atoms with Gasteiger partial charge >= 0.3 is 0 Å². The number of hydrogen-bond acceptors (Lipinski definition) is 3. The van der Waals surface area contributed by atoms with Crippen LogP contribution < -0.4 is 5.73 Å². The highest BCUT2D eigenvalue weighted by Crippen LogP contribution is 2.12. The highest BCUT2D eigenvalue weighted by molar-refractivity contribution is 6.30. The SMILES string of the molecule is COCCN(CCC(=N)N)Cc1cccc(Cl)c1. The van der Waals surface area contributed by atoms with E-state index < -0.39 is 0 Å². The molecule has 0 bridgehead atoms. The summed E-state index contributed by atoms with van der Waals surface area (Å²) in [5.74, 6) is 0.212. The highest BCUT2D eigenvalue weighted by atomic mass is 35.5. The Hall–Kier alpha value is -1.10. The van der Waals surface area contributed by atoms with Gasteiger partial charge in [0.15, 0.2) is 0 Å². The molecule has 0 unspecified atom stereocenters. The molecule has 3 N–H and O–H groups in total. The first-order valence-electron chi connectivity index (χ1n) is 5.90. The molecule has 1 rings (SSSR count). The lowest BCUT2D eigenvalue weighted by Gasteiger charge is -2.21. The van der Waals surface area contributed by atoms with Gasteiger partial charge in [-0.15, -0.1) is 0 Å². The van der Waals surface area contributed by atoms with Crippen molar-refractivity contribution in [2.24, 2.45) is 5.73 Å². The molecule has 1 aromatic rings. The van der Waals surface area contributed by atoms with Gasteiger partial charge in [0.1, 0.15) is 0 Å². The molecule has 0 saturated heterocycles. The minimum absolute atomic E-state index is 0.212. The van der Waals surface area contributed by atoms with E-state index in [9.17, 15) is 0 Å². The molecule has 0 spiro atoms. The topological polar surface area (TPSA) is 62.3 Å². The maximum Gasteiger partial charge on any atom is 0.0918 e. The molecule has 5 heteroatoms. The Balaban J connectivity index is 2.56. The molecule has 0 amide bonds. The van der Waals surface area contributed by atoms with Crippen LogP contribution in [0.2, 0.25) is 5.02 Å². The van der Waals surface area contributed by atoms with Gasteiger partial charge in [-0.25, -0.2) is 0 Å². The Kier molecular flexibility index (Phi) is 6.72. The Labute approximate surface area is 113 Å². The van der Waals surface area contributed by atoms with Crippen molar-refractivity contribution in [3.05, 3.63) is 34.9 Å². The number of halogens is 1. The number of nitrogens with two attached hydrogens (primary N) is 1. The molecule has 0 aliphatic carbocycles. The molecule has 0 atom stereocenters. The Morgan fingerprint density at radius 2 is 2.22 bits per heavy atom. The van der Waals surface area contributed by atoms with Crippen LogP contribution in [0.25, 0.3) is 0 Å². The van der Waals surface area contributed by atoms with Crippen molar-refractivity contribution in [1.29, 1.82) is 5.41 Å². The van der Waals surface area contributed by atoms with Crippen LogP contribution in [0.5, 0.6) is 0 Å². The predicted molar refractivity (Wildman–Crippen MR) is 75.1 cm³/mol. The number of amidine groups is 1. The molecule has 0 fully saturated rings. The van der Waals surface area contributed by atoms with Gasteiger partial charge in [-0.1, -0.05) is 23.7 Å². The minimum Gasteiger partial charge on any atom is -0.388 e. The summed E-state index contributed by atoms with van der Waals surface area (Å²) in [4.78, 5) is 2.20. The third kappa shape index (κ3) is 6.00. The summed E-state index contributed by atoms with van der Waals surface area (Å²) in [5, 5.41) is 8.02. The molecular weight excluding hydrogens is 250 g/mol. The summed E-state index contributed by atoms with van der Waals surface area (Å²) in [5.41, 5.74) is 6.55. The number of rotatable bonds is 8. The van der Waals surface area contributed by atoms with E-state index in [-0.39, 0.29) is 5.84 Å². The van der Waals surface area contributed by atoms with Crippen molar-refractivity contribution in [2.75, 3.05) is 26.8 Å². The first kappa shape index (κ1) is 15.0. The van der Waals surface area contributed by atoms with E-state index in [0.29, 0.717) is 13.0 Å². The lowest BCUT2D eigenvalue weighted by Crippen LogP contribution is -2.30. The van der Waals surface area contributed by atoms with Crippen molar-refractivity contribution in [1.82, 2.24) is 4.90 Å². The molecule has 0 saturated carbocycles. The van der Waals surface area contributed by atoms with E-state index in [0.717, 1.165) is 30.2 Å². The van der Waals surface area contributed by atoms with E-state index in [1.807, 2.05) is 24.3 Å². The summed E-state index contributed by atoms with van der Waals surface area (Å²) < 4.78 is 5.09. The summed E-state index contributed by atoms with van der Waals surface area (Å²) in [6.07, 6.45) is 0.574. The minimum atomic E-state index is 0.212. The van der Waals surface area contributed by atoms with E-state index in [2.05, 4.69) is 4.90 Å². The van der Waals surface area contributed by atoms with Crippen LogP contribution in [0, 0.1) is 5.41 Å². The van der Waals surface area contributed by atoms with Crippen molar-refractivity contribution in [3.63, 3.8) is 0 Å². The molecule has 0 aliphatic heterocycles. The molecule has 0 aromatic heterocycles. The fourth-order valence-corrected chi connectivity index (χ4v) is 1.88. The first-order valence-corrected chi connectivity index (χ1v) is 6.28. The van der Waals surface area contributed by atoms with Crippen LogP contribution in [0.3, 0.4) is 0 Å². The largest absolute Gasteiger partial charge is 0.388 e. The van der Waals surface area contributed by atoms with Gasteiger partial charge in [0, 0.05) is 38.2 Å². The fourth-order valence-electron chi connectivity index (χ4n) is 1.66. The lowest BCUT2D eigenvalue weighted by molar-refractivity contribution is 0.145. The summed E-state index contributed by atoms with van der Waals surface area (Å²) in [6, 6.07) is 7.80. The Bertz CT molecular complexity index is 384. The van der Waals surface area contributed by atoms with E-state index >= 15 is 0 Å². The first-order chi connectivity index (χ1) is 8.61. The van der Waals surface area contributed by atoms with Gasteiger partial charge in [0.05, 0.1) is 12.4 Å². The third-order valence-electron chi connectivity index (χ3n) is 2.60.